The number of aliphatic hydroxyl groups excluding tert-OH is 2. The molecule has 18 heteroatoms. The second kappa shape index (κ2) is 28.7. The van der Waals surface area contributed by atoms with Gasteiger partial charge in [-0.25, -0.2) is 19.2 Å². The molecule has 7 N–H and O–H groups in total. The largest absolute Gasteiger partial charge is 0.872 e. The number of anilines is 3. The molecule has 3 unspecified atom stereocenters. The number of aliphatic carboxylic acids is 2. The molecular formula is C71H71N5O12S. The summed E-state index contributed by atoms with van der Waals surface area (Å²) >= 11 is 1.88. The third-order valence-electron chi connectivity index (χ3n) is 15.2. The molecule has 3 atom stereocenters. The quantitative estimate of drug-likeness (QED) is 0.0471. The second-order valence-electron chi connectivity index (χ2n) is 22.1. The van der Waals surface area contributed by atoms with Crippen molar-refractivity contribution < 1.29 is 64.6 Å². The van der Waals surface area contributed by atoms with E-state index in [4.69, 9.17) is 20.4 Å². The molecule has 0 amide bonds. The van der Waals surface area contributed by atoms with Crippen molar-refractivity contribution in [3.05, 3.63) is 221 Å². The van der Waals surface area contributed by atoms with Crippen molar-refractivity contribution in [1.82, 2.24) is 9.47 Å². The van der Waals surface area contributed by atoms with Gasteiger partial charge in [0.1, 0.15) is 18.4 Å². The first-order chi connectivity index (χ1) is 42.4. The summed E-state index contributed by atoms with van der Waals surface area (Å²) in [6, 6.07) is 57.7. The van der Waals surface area contributed by atoms with Crippen LogP contribution in [0.1, 0.15) is 61.4 Å². The van der Waals surface area contributed by atoms with Gasteiger partial charge in [-0.3, -0.25) is 0 Å². The van der Waals surface area contributed by atoms with Crippen molar-refractivity contribution in [3.8, 4) is 17.2 Å². The average Bonchev–Trinajstić information content (AvgIpc) is 2.58. The lowest BCUT2D eigenvalue weighted by atomic mass is 9.90. The summed E-state index contributed by atoms with van der Waals surface area (Å²) in [5.41, 5.74) is 11.1. The number of aromatic hydroxyl groups is 1. The van der Waals surface area contributed by atoms with Crippen LogP contribution in [-0.2, 0) is 23.1 Å². The Kier molecular flexibility index (Phi) is 21.0. The van der Waals surface area contributed by atoms with Gasteiger partial charge in [-0.1, -0.05) is 115 Å². The number of aromatic nitrogens is 2. The maximum absolute atomic E-state index is 12.9. The van der Waals surface area contributed by atoms with E-state index in [2.05, 4.69) is 207 Å². The van der Waals surface area contributed by atoms with E-state index in [1.54, 1.807) is 48.5 Å². The van der Waals surface area contributed by atoms with Crippen LogP contribution in [-0.4, -0.2) is 123 Å². The Morgan fingerprint density at radius 2 is 1.15 bits per heavy atom. The highest BCUT2D eigenvalue weighted by Gasteiger charge is 2.30. The Bertz CT molecular complexity index is 4110. The number of hydrogen-bond donors (Lipinski definition) is 7. The number of rotatable bonds is 15. The predicted octanol–water partition coefficient (Wildman–Crippen LogP) is 11.4. The van der Waals surface area contributed by atoms with E-state index in [1.165, 1.54) is 78.2 Å². The molecule has 0 radical (unpaired) electrons. The van der Waals surface area contributed by atoms with E-state index >= 15 is 0 Å². The molecule has 8 aromatic carbocycles. The van der Waals surface area contributed by atoms with E-state index in [-0.39, 0.29) is 28.7 Å². The molecular weight excluding hydrogens is 1150 g/mol. The summed E-state index contributed by atoms with van der Waals surface area (Å²) in [5.74, 6) is -6.63. The topological polar surface area (TPSA) is 251 Å². The van der Waals surface area contributed by atoms with Gasteiger partial charge in [0.05, 0.1) is 16.9 Å². The van der Waals surface area contributed by atoms with E-state index in [9.17, 15) is 39.6 Å². The number of pyridine rings is 1. The fourth-order valence-electron chi connectivity index (χ4n) is 10.9. The van der Waals surface area contributed by atoms with Crippen molar-refractivity contribution in [2.45, 2.75) is 49.2 Å². The third-order valence-corrected chi connectivity index (χ3v) is 16.3. The molecule has 89 heavy (non-hydrogen) atoms. The molecule has 0 saturated carbocycles. The van der Waals surface area contributed by atoms with Gasteiger partial charge in [-0.2, -0.15) is 4.57 Å². The number of phenols is 1. The first-order valence-corrected chi connectivity index (χ1v) is 29.3. The Balaban J connectivity index is 0.000000162. The normalized spacial score (nSPS) is 12.6. The van der Waals surface area contributed by atoms with E-state index in [0.29, 0.717) is 27.5 Å². The lowest BCUT2D eigenvalue weighted by Crippen LogP contribution is -2.39. The number of carbonyl (C=O) groups is 4. The van der Waals surface area contributed by atoms with Crippen molar-refractivity contribution >= 4 is 97.3 Å². The first-order valence-electron chi connectivity index (χ1n) is 28.5. The summed E-state index contributed by atoms with van der Waals surface area (Å²) in [4.78, 5) is 52.3. The van der Waals surface area contributed by atoms with Gasteiger partial charge in [-0.05, 0) is 145 Å². The monoisotopic (exact) mass is 1220 g/mol. The summed E-state index contributed by atoms with van der Waals surface area (Å²) in [5, 5.41) is 78.6. The molecule has 1 aliphatic heterocycles. The maximum Gasteiger partial charge on any atom is 0.339 e. The number of carboxylic acid groups (broad SMARTS) is 4. The van der Waals surface area contributed by atoms with Crippen LogP contribution in [0.3, 0.4) is 0 Å². The molecule has 2 aromatic heterocycles. The molecule has 3 heterocycles. The molecule has 0 fully saturated rings. The molecule has 17 nitrogen and oxygen atoms in total. The van der Waals surface area contributed by atoms with Crippen LogP contribution in [0.15, 0.2) is 186 Å². The number of aryl methyl sites for hydroxylation is 2. The van der Waals surface area contributed by atoms with Crippen molar-refractivity contribution in [3.63, 3.8) is 0 Å². The van der Waals surface area contributed by atoms with Crippen LogP contribution < -0.4 is 19.5 Å². The zero-order valence-electron chi connectivity index (χ0n) is 50.6. The highest BCUT2D eigenvalue weighted by Crippen LogP contribution is 2.48. The number of nitrogens with zero attached hydrogens (tertiary/aromatic N) is 5. The standard InChI is InChI=1S/C26H28N3.C23H16O6.C18H22N2S.C4H6O6/c1-19-17-21(20(2)29(19)24-9-7-6-8-10-24)11-13-23-14-12-22-18-25(27(3)4)15-16-26(22)28(23)5;24-20-16(14-7-3-1-5-12(14)9-18(20)22(26)27)11-17-15-8-4-2-6-13(15)10-19(21(17)25)23(28)29;1-14(12-19(2)3)13-20-15-8-4-6-10-17(15)21-18-11-7-5-9-16(18)20;5-1(3(7)8)2(6)4(9)10/h6-18H,1-5H3;1-10,24-25H,11H2,(H,26,27)(H,28,29);4-11,14H,12-13H2,1-3H3;1-2,5-6H,(H,7,8)(H,9,10)/q+1;;;/p-1. The second-order valence-corrected chi connectivity index (χ2v) is 23.2. The Hall–Kier alpha value is -9.98. The van der Waals surface area contributed by atoms with Gasteiger partial charge in [0, 0.05) is 95.3 Å². The van der Waals surface area contributed by atoms with Crippen LogP contribution in [0, 0.1) is 19.8 Å². The summed E-state index contributed by atoms with van der Waals surface area (Å²) in [6.45, 7) is 8.83. The fraction of sp³-hybridized carbons (Fsp3) is 0.197. The van der Waals surface area contributed by atoms with E-state index in [0.717, 1.165) is 13.1 Å². The molecule has 0 spiro atoms. The SMILES string of the molecule is CC(CN(C)C)CN1c2ccccc2Sc2ccccc21.Cc1cc(C=Cc2ccc3cc(N(C)C)ccc3[n+]2C)c(C)n1-c1ccccc1.O=C(O)C(O)C(O)C(=O)O.O=C(O)c1cc2ccccc2c(Cc2c(O)c(C(=O)O)cc3ccccc23)c1[O-]. The lowest BCUT2D eigenvalue weighted by molar-refractivity contribution is -0.646. The summed E-state index contributed by atoms with van der Waals surface area (Å²) < 4.78 is 4.56. The Labute approximate surface area is 520 Å². The van der Waals surface area contributed by atoms with Gasteiger partial charge < -0.3 is 60.1 Å². The van der Waals surface area contributed by atoms with E-state index in [1.807, 2.05) is 11.8 Å². The molecule has 0 aliphatic carbocycles. The number of carboxylic acids is 4. The maximum atomic E-state index is 12.9. The minimum absolute atomic E-state index is 0.103. The van der Waals surface area contributed by atoms with Gasteiger partial charge in [0.2, 0.25) is 11.2 Å². The lowest BCUT2D eigenvalue weighted by Gasteiger charge is -2.35. The van der Waals surface area contributed by atoms with Crippen LogP contribution in [0.25, 0.3) is 50.3 Å². The van der Waals surface area contributed by atoms with Gasteiger partial charge in [0.15, 0.2) is 12.2 Å². The minimum atomic E-state index is -2.27. The number of para-hydroxylation sites is 3. The zero-order valence-corrected chi connectivity index (χ0v) is 51.4. The highest BCUT2D eigenvalue weighted by atomic mass is 32.2. The minimum Gasteiger partial charge on any atom is -0.872 e. The van der Waals surface area contributed by atoms with Crippen molar-refractivity contribution in [2.24, 2.45) is 13.0 Å². The number of hydrogen-bond acceptors (Lipinski definition) is 12. The number of aliphatic hydroxyl groups is 2. The van der Waals surface area contributed by atoms with Crippen LogP contribution in [0.5, 0.6) is 11.5 Å². The molecule has 11 rings (SSSR count). The van der Waals surface area contributed by atoms with Crippen LogP contribution in [0.4, 0.5) is 17.1 Å². The first kappa shape index (κ1) is 65.0. The number of aromatic carboxylic acids is 2. The summed E-state index contributed by atoms with van der Waals surface area (Å²) in [7, 11) is 10.6. The van der Waals surface area contributed by atoms with E-state index < -0.39 is 47.6 Å². The smallest absolute Gasteiger partial charge is 0.339 e. The predicted molar refractivity (Wildman–Crippen MR) is 348 cm³/mol. The molecule has 0 saturated heterocycles. The number of fused-ring (bicyclic) bond motifs is 5. The van der Waals surface area contributed by atoms with Gasteiger partial charge in [0.25, 0.3) is 0 Å². The van der Waals surface area contributed by atoms with Crippen molar-refractivity contribution in [1.29, 1.82) is 0 Å². The zero-order chi connectivity index (χ0) is 64.4. The molecule has 458 valence electrons. The van der Waals surface area contributed by atoms with Crippen LogP contribution >= 0.6 is 11.8 Å². The fourth-order valence-corrected chi connectivity index (χ4v) is 12.0. The van der Waals surface area contributed by atoms with Crippen molar-refractivity contribution in [2.75, 3.05) is 51.1 Å². The molecule has 10 aromatic rings. The average molecular weight is 1220 g/mol. The van der Waals surface area contributed by atoms with Gasteiger partial charge in [-0.15, -0.1) is 0 Å². The van der Waals surface area contributed by atoms with Crippen LogP contribution in [0.2, 0.25) is 0 Å². The Morgan fingerprint density at radius 3 is 1.70 bits per heavy atom. The third kappa shape index (κ3) is 15.1. The Morgan fingerprint density at radius 1 is 0.618 bits per heavy atom. The molecule has 0 bridgehead atoms. The highest BCUT2D eigenvalue weighted by molar-refractivity contribution is 7.99. The van der Waals surface area contributed by atoms with Gasteiger partial charge >= 0.3 is 23.9 Å². The molecule has 1 aliphatic rings. The summed E-state index contributed by atoms with van der Waals surface area (Å²) in [6.07, 6.45) is -0.212. The number of benzene rings is 8.